The second kappa shape index (κ2) is 8.08. The van der Waals surface area contributed by atoms with Crippen LogP contribution in [0.15, 0.2) is 16.7 Å². The summed E-state index contributed by atoms with van der Waals surface area (Å²) >= 11 is 0. The van der Waals surface area contributed by atoms with Crippen molar-refractivity contribution in [2.24, 2.45) is 5.92 Å². The Balaban J connectivity index is 1.55. The van der Waals surface area contributed by atoms with Crippen molar-refractivity contribution in [3.63, 3.8) is 0 Å². The van der Waals surface area contributed by atoms with Crippen molar-refractivity contribution in [2.75, 3.05) is 26.2 Å². The van der Waals surface area contributed by atoms with E-state index in [1.807, 2.05) is 37.5 Å². The third-order valence-electron chi connectivity index (χ3n) is 5.20. The van der Waals surface area contributed by atoms with Gasteiger partial charge in [0.2, 0.25) is 0 Å². The Kier molecular flexibility index (Phi) is 5.81. The molecule has 1 saturated heterocycles. The molecule has 26 heavy (non-hydrogen) atoms. The van der Waals surface area contributed by atoms with E-state index >= 15 is 0 Å². The topological polar surface area (TPSA) is 63.3 Å². The predicted molar refractivity (Wildman–Crippen MR) is 102 cm³/mol. The van der Waals surface area contributed by atoms with E-state index in [0.717, 1.165) is 41.8 Å². The quantitative estimate of drug-likeness (QED) is 0.805. The Morgan fingerprint density at radius 3 is 2.85 bits per heavy atom. The Bertz CT molecular complexity index is 762. The van der Waals surface area contributed by atoms with Crippen molar-refractivity contribution in [1.29, 1.82) is 0 Å². The molecule has 6 heteroatoms. The van der Waals surface area contributed by atoms with Crippen LogP contribution in [0, 0.1) is 26.7 Å². The summed E-state index contributed by atoms with van der Waals surface area (Å²) in [7, 11) is 0. The van der Waals surface area contributed by atoms with Gasteiger partial charge in [0.05, 0.1) is 5.56 Å². The molecule has 1 aliphatic heterocycles. The van der Waals surface area contributed by atoms with Crippen molar-refractivity contribution in [3.8, 4) is 5.82 Å². The lowest BCUT2D eigenvalue weighted by Gasteiger charge is -2.30. The van der Waals surface area contributed by atoms with Gasteiger partial charge in [-0.2, -0.15) is 0 Å². The minimum Gasteiger partial charge on any atom is -0.360 e. The average Bonchev–Trinajstić information content (AvgIpc) is 3.14. The van der Waals surface area contributed by atoms with Crippen LogP contribution < -0.4 is 5.32 Å². The number of rotatable bonds is 6. The van der Waals surface area contributed by atoms with Crippen LogP contribution in [0.3, 0.4) is 0 Å². The molecule has 1 fully saturated rings. The van der Waals surface area contributed by atoms with Gasteiger partial charge in [-0.1, -0.05) is 12.1 Å². The standard InChI is InChI=1S/C20H30N4O2/c1-14-7-5-9-23(13-14)10-6-8-21-20(25)18-11-15(2)24(17(18)4)19-12-16(3)26-22-19/h11-12,14H,5-10,13H2,1-4H3,(H,21,25). The van der Waals surface area contributed by atoms with Gasteiger partial charge in [0.1, 0.15) is 5.76 Å². The number of carbonyl (C=O) groups is 1. The highest BCUT2D eigenvalue weighted by Crippen LogP contribution is 2.20. The zero-order valence-corrected chi connectivity index (χ0v) is 16.3. The van der Waals surface area contributed by atoms with Gasteiger partial charge in [0.25, 0.3) is 5.91 Å². The maximum Gasteiger partial charge on any atom is 0.253 e. The highest BCUT2D eigenvalue weighted by molar-refractivity contribution is 5.95. The highest BCUT2D eigenvalue weighted by Gasteiger charge is 2.19. The average molecular weight is 358 g/mol. The Labute approximate surface area is 155 Å². The number of nitrogens with zero attached hydrogens (tertiary/aromatic N) is 3. The van der Waals surface area contributed by atoms with Crippen LogP contribution in [0.5, 0.6) is 0 Å². The summed E-state index contributed by atoms with van der Waals surface area (Å²) in [5.74, 6) is 2.25. The fraction of sp³-hybridized carbons (Fsp3) is 0.600. The first-order chi connectivity index (χ1) is 12.5. The van der Waals surface area contributed by atoms with E-state index in [1.165, 1.54) is 25.9 Å². The maximum absolute atomic E-state index is 12.6. The summed E-state index contributed by atoms with van der Waals surface area (Å²) in [5.41, 5.74) is 2.57. The second-order valence-electron chi connectivity index (χ2n) is 7.57. The number of amides is 1. The molecular weight excluding hydrogens is 328 g/mol. The maximum atomic E-state index is 12.6. The number of aromatic nitrogens is 2. The molecule has 1 amide bonds. The Morgan fingerprint density at radius 2 is 2.15 bits per heavy atom. The van der Waals surface area contributed by atoms with E-state index in [-0.39, 0.29) is 5.91 Å². The molecule has 3 heterocycles. The van der Waals surface area contributed by atoms with Gasteiger partial charge in [-0.05, 0) is 65.1 Å². The zero-order chi connectivity index (χ0) is 18.7. The summed E-state index contributed by atoms with van der Waals surface area (Å²) < 4.78 is 7.13. The Hall–Kier alpha value is -2.08. The first kappa shape index (κ1) is 18.7. The number of piperidine rings is 1. The fourth-order valence-electron chi connectivity index (χ4n) is 3.89. The summed E-state index contributed by atoms with van der Waals surface area (Å²) in [6, 6.07) is 3.79. The van der Waals surface area contributed by atoms with Crippen LogP contribution >= 0.6 is 0 Å². The summed E-state index contributed by atoms with van der Waals surface area (Å²) in [4.78, 5) is 15.1. The van der Waals surface area contributed by atoms with Crippen LogP contribution in [-0.4, -0.2) is 46.7 Å². The zero-order valence-electron chi connectivity index (χ0n) is 16.3. The van der Waals surface area contributed by atoms with Gasteiger partial charge in [0.15, 0.2) is 5.82 Å². The van der Waals surface area contributed by atoms with Crippen molar-refractivity contribution in [3.05, 3.63) is 34.8 Å². The summed E-state index contributed by atoms with van der Waals surface area (Å²) in [6.45, 7) is 12.2. The molecule has 6 nitrogen and oxygen atoms in total. The molecule has 2 aromatic heterocycles. The number of hydrogen-bond acceptors (Lipinski definition) is 4. The van der Waals surface area contributed by atoms with Crippen LogP contribution in [0.1, 0.15) is 53.7 Å². The Morgan fingerprint density at radius 1 is 1.35 bits per heavy atom. The highest BCUT2D eigenvalue weighted by atomic mass is 16.5. The molecule has 2 aromatic rings. The molecule has 3 rings (SSSR count). The van der Waals surface area contributed by atoms with E-state index in [9.17, 15) is 4.79 Å². The van der Waals surface area contributed by atoms with Gasteiger partial charge >= 0.3 is 0 Å². The molecule has 1 N–H and O–H groups in total. The van der Waals surface area contributed by atoms with Crippen molar-refractivity contribution < 1.29 is 9.32 Å². The lowest BCUT2D eigenvalue weighted by Crippen LogP contribution is -2.36. The van der Waals surface area contributed by atoms with Crippen molar-refractivity contribution in [1.82, 2.24) is 19.9 Å². The number of carbonyl (C=O) groups excluding carboxylic acids is 1. The largest absolute Gasteiger partial charge is 0.360 e. The molecule has 1 atom stereocenters. The molecule has 142 valence electrons. The molecule has 0 saturated carbocycles. The third kappa shape index (κ3) is 4.18. The van der Waals surface area contributed by atoms with Crippen LogP contribution in [0.2, 0.25) is 0 Å². The molecule has 0 bridgehead atoms. The number of hydrogen-bond donors (Lipinski definition) is 1. The smallest absolute Gasteiger partial charge is 0.253 e. The van der Waals surface area contributed by atoms with Crippen LogP contribution in [-0.2, 0) is 0 Å². The van der Waals surface area contributed by atoms with E-state index in [4.69, 9.17) is 4.52 Å². The van der Waals surface area contributed by atoms with Gasteiger partial charge in [-0.25, -0.2) is 0 Å². The molecule has 0 spiro atoms. The van der Waals surface area contributed by atoms with Gasteiger partial charge in [-0.3, -0.25) is 9.36 Å². The summed E-state index contributed by atoms with van der Waals surface area (Å²) in [5, 5.41) is 7.13. The fourth-order valence-corrected chi connectivity index (χ4v) is 3.89. The normalized spacial score (nSPS) is 18.2. The van der Waals surface area contributed by atoms with E-state index < -0.39 is 0 Å². The van der Waals surface area contributed by atoms with Crippen LogP contribution in [0.4, 0.5) is 0 Å². The van der Waals surface area contributed by atoms with Crippen molar-refractivity contribution in [2.45, 2.75) is 47.0 Å². The lowest BCUT2D eigenvalue weighted by atomic mass is 10.0. The van der Waals surface area contributed by atoms with E-state index in [0.29, 0.717) is 12.1 Å². The lowest BCUT2D eigenvalue weighted by molar-refractivity contribution is 0.0949. The predicted octanol–water partition coefficient (Wildman–Crippen LogP) is 3.24. The second-order valence-corrected chi connectivity index (χ2v) is 7.57. The number of nitrogens with one attached hydrogen (secondary N) is 1. The SMILES string of the molecule is Cc1cc(-n2c(C)cc(C(=O)NCCCN3CCCC(C)C3)c2C)no1. The van der Waals surface area contributed by atoms with E-state index in [1.54, 1.807) is 0 Å². The molecule has 0 aliphatic carbocycles. The molecule has 1 unspecified atom stereocenters. The minimum atomic E-state index is -0.0171. The number of aryl methyl sites for hydroxylation is 2. The molecular formula is C20H30N4O2. The number of likely N-dealkylation sites (tertiary alicyclic amines) is 1. The monoisotopic (exact) mass is 358 g/mol. The van der Waals surface area contributed by atoms with Crippen molar-refractivity contribution >= 4 is 5.91 Å². The summed E-state index contributed by atoms with van der Waals surface area (Å²) in [6.07, 6.45) is 3.62. The van der Waals surface area contributed by atoms with Gasteiger partial charge in [0, 0.05) is 30.5 Å². The minimum absolute atomic E-state index is 0.0171. The molecule has 0 aromatic carbocycles. The molecule has 0 radical (unpaired) electrons. The first-order valence-corrected chi connectivity index (χ1v) is 9.59. The van der Waals surface area contributed by atoms with Gasteiger partial charge < -0.3 is 14.7 Å². The molecule has 1 aliphatic rings. The first-order valence-electron chi connectivity index (χ1n) is 9.59. The van der Waals surface area contributed by atoms with Crippen LogP contribution in [0.25, 0.3) is 5.82 Å². The third-order valence-corrected chi connectivity index (χ3v) is 5.20. The van der Waals surface area contributed by atoms with Gasteiger partial charge in [-0.15, -0.1) is 0 Å². The van der Waals surface area contributed by atoms with E-state index in [2.05, 4.69) is 22.3 Å².